The molecule has 0 unspecified atom stereocenters. The monoisotopic (exact) mass is 622 g/mol. The van der Waals surface area contributed by atoms with Gasteiger partial charge >= 0.3 is 0 Å². The SMILES string of the molecule is CCCC=CC(=O)CCc1cc(OC2CCCC2)c(O)c([C@H]2[C@@H](COC)[C@@H](CCN=C(N)N)C=C3[C@@H](CNC)C[C@H](C)C[C@@H]32)c1. The molecule has 3 aliphatic rings. The van der Waals surface area contributed by atoms with E-state index in [0.717, 1.165) is 75.5 Å². The van der Waals surface area contributed by atoms with Gasteiger partial charge < -0.3 is 31.4 Å². The summed E-state index contributed by atoms with van der Waals surface area (Å²) in [6.45, 7) is 6.49. The Morgan fingerprint density at radius 3 is 2.67 bits per heavy atom. The van der Waals surface area contributed by atoms with Gasteiger partial charge in [0.05, 0.1) is 12.7 Å². The zero-order chi connectivity index (χ0) is 32.3. The second-order valence-electron chi connectivity index (χ2n) is 13.7. The fourth-order valence-electron chi connectivity index (χ4n) is 8.19. The lowest BCUT2D eigenvalue weighted by Gasteiger charge is -2.49. The number of phenolic OH excluding ortho intramolecular Hbond substituents is 1. The molecule has 1 aromatic carbocycles. The Bertz CT molecular complexity index is 1200. The first-order valence-electron chi connectivity index (χ1n) is 17.4. The fourth-order valence-corrected chi connectivity index (χ4v) is 8.19. The van der Waals surface area contributed by atoms with Gasteiger partial charge in [-0.1, -0.05) is 44.1 Å². The number of rotatable bonds is 16. The highest BCUT2D eigenvalue weighted by Gasteiger charge is 2.46. The highest BCUT2D eigenvalue weighted by Crippen LogP contribution is 2.56. The number of carbonyl (C=O) groups is 1. The number of aryl methyl sites for hydroxylation is 1. The number of nitrogens with zero attached hydrogens (tertiary/aromatic N) is 1. The van der Waals surface area contributed by atoms with Gasteiger partial charge in [0.2, 0.25) is 0 Å². The molecule has 0 aliphatic heterocycles. The van der Waals surface area contributed by atoms with Gasteiger partial charge in [0.1, 0.15) is 0 Å². The van der Waals surface area contributed by atoms with E-state index in [2.05, 4.69) is 36.3 Å². The minimum atomic E-state index is 0.0299. The van der Waals surface area contributed by atoms with E-state index >= 15 is 0 Å². The number of aliphatic imine (C=N–C) groups is 1. The first kappa shape index (κ1) is 35.0. The summed E-state index contributed by atoms with van der Waals surface area (Å²) in [6.07, 6.45) is 16.5. The van der Waals surface area contributed by atoms with Crippen molar-refractivity contribution in [3.63, 3.8) is 0 Å². The van der Waals surface area contributed by atoms with Gasteiger partial charge in [-0.3, -0.25) is 9.79 Å². The summed E-state index contributed by atoms with van der Waals surface area (Å²) >= 11 is 0. The Kier molecular flexibility index (Phi) is 13.4. The topological polar surface area (TPSA) is 132 Å². The quantitative estimate of drug-likeness (QED) is 0.0767. The average Bonchev–Trinajstić information content (AvgIpc) is 3.51. The maximum atomic E-state index is 12.7. The second kappa shape index (κ2) is 17.2. The Balaban J connectivity index is 1.79. The first-order chi connectivity index (χ1) is 21.7. The number of nitrogens with two attached hydrogens (primary N) is 2. The standard InChI is InChI=1S/C37H58N4O4/c1-5-6-7-10-28(42)14-13-25-19-32(36(43)34(20-25)45-29-11-8-9-12-29)35-31-18-24(2)17-27(22-40-3)30(31)21-26(33(35)23-44-4)15-16-41-37(38)39/h7,10,19-21,24,26-27,29,31,33,35,40,43H,5-6,8-9,11-18,22-23H2,1-4H3,(H4,38,39,41)/t24-,26-,27+,31-,33-,35-/m0/s1. The summed E-state index contributed by atoms with van der Waals surface area (Å²) in [7, 11) is 3.79. The number of guanidine groups is 1. The van der Waals surface area contributed by atoms with Crippen molar-refractivity contribution in [1.29, 1.82) is 0 Å². The van der Waals surface area contributed by atoms with Crippen LogP contribution in [0.25, 0.3) is 0 Å². The van der Waals surface area contributed by atoms with Gasteiger partial charge in [-0.15, -0.1) is 0 Å². The zero-order valence-corrected chi connectivity index (χ0v) is 28.1. The van der Waals surface area contributed by atoms with Gasteiger partial charge in [-0.2, -0.15) is 0 Å². The van der Waals surface area contributed by atoms with E-state index in [1.165, 1.54) is 5.57 Å². The maximum Gasteiger partial charge on any atom is 0.185 e. The third kappa shape index (κ3) is 9.35. The number of hydrogen-bond donors (Lipinski definition) is 4. The molecular formula is C37H58N4O4. The fraction of sp³-hybridized carbons (Fsp3) is 0.676. The van der Waals surface area contributed by atoms with Gasteiger partial charge in [-0.25, -0.2) is 0 Å². The molecule has 0 spiro atoms. The lowest BCUT2D eigenvalue weighted by Crippen LogP contribution is -2.42. The van der Waals surface area contributed by atoms with Crippen LogP contribution >= 0.6 is 0 Å². The second-order valence-corrected chi connectivity index (χ2v) is 13.7. The number of allylic oxidation sites excluding steroid dienone is 3. The molecule has 0 heterocycles. The van der Waals surface area contributed by atoms with E-state index in [1.807, 2.05) is 19.2 Å². The number of ketones is 1. The smallest absolute Gasteiger partial charge is 0.185 e. The number of unbranched alkanes of at least 4 members (excludes halogenated alkanes) is 1. The Morgan fingerprint density at radius 2 is 1.98 bits per heavy atom. The number of fused-ring (bicyclic) bond motifs is 1. The maximum absolute atomic E-state index is 12.7. The molecule has 8 nitrogen and oxygen atoms in total. The third-order valence-electron chi connectivity index (χ3n) is 10.2. The van der Waals surface area contributed by atoms with Gasteiger partial charge in [-0.05, 0) is 118 Å². The van der Waals surface area contributed by atoms with E-state index in [0.29, 0.717) is 43.6 Å². The highest BCUT2D eigenvalue weighted by molar-refractivity contribution is 5.89. The molecule has 6 atom stereocenters. The summed E-state index contributed by atoms with van der Waals surface area (Å²) in [6, 6.07) is 4.14. The zero-order valence-electron chi connectivity index (χ0n) is 28.1. The normalized spacial score (nSPS) is 26.9. The number of nitrogens with one attached hydrogen (secondary N) is 1. The minimum Gasteiger partial charge on any atom is -0.504 e. The van der Waals surface area contributed by atoms with Crippen molar-refractivity contribution >= 4 is 11.7 Å². The summed E-state index contributed by atoms with van der Waals surface area (Å²) in [5.41, 5.74) is 14.9. The van der Waals surface area contributed by atoms with Crippen LogP contribution in [0.3, 0.4) is 0 Å². The molecule has 0 saturated heterocycles. The van der Waals surface area contributed by atoms with Crippen LogP contribution in [0.2, 0.25) is 0 Å². The van der Waals surface area contributed by atoms with Gasteiger partial charge in [0, 0.05) is 32.2 Å². The molecule has 2 saturated carbocycles. The molecule has 0 radical (unpaired) electrons. The molecule has 3 aliphatic carbocycles. The van der Waals surface area contributed by atoms with Crippen LogP contribution in [-0.2, 0) is 16.0 Å². The molecule has 1 aromatic rings. The van der Waals surface area contributed by atoms with Crippen molar-refractivity contribution in [3.05, 3.63) is 47.1 Å². The van der Waals surface area contributed by atoms with Crippen molar-refractivity contribution in [2.24, 2.45) is 46.0 Å². The van der Waals surface area contributed by atoms with E-state index in [9.17, 15) is 9.90 Å². The Morgan fingerprint density at radius 1 is 1.20 bits per heavy atom. The lowest BCUT2D eigenvalue weighted by molar-refractivity contribution is -0.114. The number of ether oxygens (including phenoxy) is 2. The number of hydrogen-bond acceptors (Lipinski definition) is 6. The number of benzene rings is 1. The molecule has 0 aromatic heterocycles. The Labute approximate surface area is 271 Å². The van der Waals surface area contributed by atoms with Crippen molar-refractivity contribution in [1.82, 2.24) is 5.32 Å². The van der Waals surface area contributed by atoms with Gasteiger partial charge in [0.15, 0.2) is 23.2 Å². The van der Waals surface area contributed by atoms with Crippen LogP contribution in [0.5, 0.6) is 11.5 Å². The third-order valence-corrected chi connectivity index (χ3v) is 10.2. The number of carbonyl (C=O) groups excluding carboxylic acids is 1. The number of methoxy groups -OCH3 is 1. The highest BCUT2D eigenvalue weighted by atomic mass is 16.5. The van der Waals surface area contributed by atoms with E-state index in [4.69, 9.17) is 20.9 Å². The molecule has 250 valence electrons. The minimum absolute atomic E-state index is 0.0299. The lowest BCUT2D eigenvalue weighted by atomic mass is 9.56. The van der Waals surface area contributed by atoms with Crippen molar-refractivity contribution in [3.8, 4) is 11.5 Å². The van der Waals surface area contributed by atoms with Crippen LogP contribution in [0, 0.1) is 29.6 Å². The van der Waals surface area contributed by atoms with Crippen LogP contribution in [0.4, 0.5) is 0 Å². The molecule has 4 rings (SSSR count). The van der Waals surface area contributed by atoms with Crippen LogP contribution in [-0.4, -0.2) is 56.8 Å². The predicted octanol–water partition coefficient (Wildman–Crippen LogP) is 6.02. The summed E-state index contributed by atoms with van der Waals surface area (Å²) in [5, 5.41) is 15.5. The van der Waals surface area contributed by atoms with Crippen molar-refractivity contribution < 1.29 is 19.4 Å². The van der Waals surface area contributed by atoms with Crippen LogP contribution in [0.1, 0.15) is 95.1 Å². The Hall–Kier alpha value is -2.84. The van der Waals surface area contributed by atoms with Crippen molar-refractivity contribution in [2.75, 3.05) is 33.9 Å². The largest absolute Gasteiger partial charge is 0.504 e. The van der Waals surface area contributed by atoms with Crippen molar-refractivity contribution in [2.45, 2.75) is 96.5 Å². The molecular weight excluding hydrogens is 564 g/mol. The number of phenols is 1. The molecule has 0 amide bonds. The molecule has 0 bridgehead atoms. The van der Waals surface area contributed by atoms with Crippen LogP contribution in [0.15, 0.2) is 40.9 Å². The van der Waals surface area contributed by atoms with Gasteiger partial charge in [0.25, 0.3) is 0 Å². The average molecular weight is 623 g/mol. The first-order valence-corrected chi connectivity index (χ1v) is 17.4. The van der Waals surface area contributed by atoms with Crippen LogP contribution < -0.4 is 21.5 Å². The summed E-state index contributed by atoms with van der Waals surface area (Å²) < 4.78 is 12.5. The molecule has 8 heteroatoms. The summed E-state index contributed by atoms with van der Waals surface area (Å²) in [5.74, 6) is 2.63. The van der Waals surface area contributed by atoms with E-state index in [-0.39, 0.29) is 47.3 Å². The number of aromatic hydroxyl groups is 1. The predicted molar refractivity (Wildman–Crippen MR) is 183 cm³/mol. The molecule has 45 heavy (non-hydrogen) atoms. The van der Waals surface area contributed by atoms with E-state index < -0.39 is 0 Å². The van der Waals surface area contributed by atoms with E-state index in [1.54, 1.807) is 13.2 Å². The molecule has 6 N–H and O–H groups in total. The summed E-state index contributed by atoms with van der Waals surface area (Å²) in [4.78, 5) is 17.1. The molecule has 2 fully saturated rings.